The second-order valence-corrected chi connectivity index (χ2v) is 7.35. The lowest BCUT2D eigenvalue weighted by Gasteiger charge is -2.19. The van der Waals surface area contributed by atoms with Crippen LogP contribution in [0, 0.1) is 6.92 Å². The zero-order chi connectivity index (χ0) is 14.8. The second kappa shape index (κ2) is 6.11. The Morgan fingerprint density at radius 2 is 2.15 bits per heavy atom. The number of hydrogen-bond donors (Lipinski definition) is 2. The van der Waals surface area contributed by atoms with Crippen LogP contribution in [-0.4, -0.2) is 43.8 Å². The molecule has 1 saturated heterocycles. The van der Waals surface area contributed by atoms with Crippen molar-refractivity contribution in [3.63, 3.8) is 0 Å². The highest BCUT2D eigenvalue weighted by molar-refractivity contribution is 7.91. The third-order valence-corrected chi connectivity index (χ3v) is 5.02. The van der Waals surface area contributed by atoms with Gasteiger partial charge in [-0.2, -0.15) is 0 Å². The van der Waals surface area contributed by atoms with E-state index in [2.05, 4.69) is 5.32 Å². The smallest absolute Gasteiger partial charge is 0.156 e. The Morgan fingerprint density at radius 3 is 2.75 bits per heavy atom. The summed E-state index contributed by atoms with van der Waals surface area (Å²) in [5.41, 5.74) is 2.09. The monoisotopic (exact) mass is 299 g/mol. The molecule has 1 aliphatic heterocycles. The van der Waals surface area contributed by atoms with Crippen molar-refractivity contribution in [2.75, 3.05) is 18.1 Å². The summed E-state index contributed by atoms with van der Waals surface area (Å²) in [5.74, 6) is 0.298. The van der Waals surface area contributed by atoms with Crippen LogP contribution < -0.4 is 10.1 Å². The molecular formula is C14H21NO4S. The van der Waals surface area contributed by atoms with Crippen molar-refractivity contribution in [2.45, 2.75) is 32.6 Å². The molecule has 2 rings (SSSR count). The van der Waals surface area contributed by atoms with Gasteiger partial charge in [0.15, 0.2) is 9.84 Å². The maximum absolute atomic E-state index is 11.5. The van der Waals surface area contributed by atoms with Crippen LogP contribution in [0.1, 0.15) is 18.1 Å². The van der Waals surface area contributed by atoms with Gasteiger partial charge in [-0.3, -0.25) is 0 Å². The molecule has 2 N–H and O–H groups in total. The first-order valence-corrected chi connectivity index (χ1v) is 8.59. The van der Waals surface area contributed by atoms with Crippen molar-refractivity contribution in [2.24, 2.45) is 0 Å². The largest absolute Gasteiger partial charge is 0.486 e. The van der Waals surface area contributed by atoms with E-state index in [1.54, 1.807) is 0 Å². The van der Waals surface area contributed by atoms with Crippen LogP contribution in [0.5, 0.6) is 5.75 Å². The van der Waals surface area contributed by atoms with Gasteiger partial charge in [-0.25, -0.2) is 8.42 Å². The Bertz CT molecular complexity index is 571. The Morgan fingerprint density at radius 1 is 1.40 bits per heavy atom. The summed E-state index contributed by atoms with van der Waals surface area (Å²) < 4.78 is 28.7. The van der Waals surface area contributed by atoms with Crippen LogP contribution in [0.15, 0.2) is 18.2 Å². The molecule has 5 nitrogen and oxygen atoms in total. The average Bonchev–Trinajstić information content (AvgIpc) is 2.62. The molecule has 0 bridgehead atoms. The standard InChI is InChI=1S/C14H21NO4S/c1-3-15-7-11-6-10(2)4-5-13(11)19-14-9-20(17,18)8-12(14)16/h4-6,12,14-16H,3,7-9H2,1-2H3. The number of hydrogen-bond acceptors (Lipinski definition) is 5. The summed E-state index contributed by atoms with van der Waals surface area (Å²) in [7, 11) is -3.19. The number of benzene rings is 1. The van der Waals surface area contributed by atoms with E-state index in [0.29, 0.717) is 12.3 Å². The van der Waals surface area contributed by atoms with E-state index >= 15 is 0 Å². The van der Waals surface area contributed by atoms with E-state index in [9.17, 15) is 13.5 Å². The summed E-state index contributed by atoms with van der Waals surface area (Å²) in [6.07, 6.45) is -1.63. The number of rotatable bonds is 5. The summed E-state index contributed by atoms with van der Waals surface area (Å²) in [5, 5.41) is 13.0. The topological polar surface area (TPSA) is 75.6 Å². The van der Waals surface area contributed by atoms with Gasteiger partial charge in [0.2, 0.25) is 0 Å². The van der Waals surface area contributed by atoms with Crippen molar-refractivity contribution in [3.05, 3.63) is 29.3 Å². The van der Waals surface area contributed by atoms with Crippen molar-refractivity contribution in [3.8, 4) is 5.75 Å². The van der Waals surface area contributed by atoms with Crippen molar-refractivity contribution >= 4 is 9.84 Å². The van der Waals surface area contributed by atoms with Gasteiger partial charge in [0, 0.05) is 12.1 Å². The molecule has 0 aliphatic carbocycles. The first kappa shape index (κ1) is 15.3. The minimum atomic E-state index is -3.19. The van der Waals surface area contributed by atoms with Gasteiger partial charge in [-0.15, -0.1) is 0 Å². The molecule has 0 amide bonds. The third kappa shape index (κ3) is 3.71. The van der Waals surface area contributed by atoms with Gasteiger partial charge in [-0.1, -0.05) is 24.6 Å². The summed E-state index contributed by atoms with van der Waals surface area (Å²) in [6, 6.07) is 5.76. The van der Waals surface area contributed by atoms with Crippen molar-refractivity contribution in [1.82, 2.24) is 5.32 Å². The number of aryl methyl sites for hydroxylation is 1. The molecule has 0 aromatic heterocycles. The van der Waals surface area contributed by atoms with Gasteiger partial charge in [-0.05, 0) is 19.5 Å². The molecule has 1 fully saturated rings. The van der Waals surface area contributed by atoms with Crippen LogP contribution in [0.3, 0.4) is 0 Å². The third-order valence-electron chi connectivity index (χ3n) is 3.33. The fourth-order valence-electron chi connectivity index (χ4n) is 2.29. The highest BCUT2D eigenvalue weighted by Crippen LogP contribution is 2.25. The van der Waals surface area contributed by atoms with E-state index in [1.807, 2.05) is 32.0 Å². The first-order valence-electron chi connectivity index (χ1n) is 6.76. The molecule has 0 saturated carbocycles. The number of ether oxygens (including phenoxy) is 1. The lowest BCUT2D eigenvalue weighted by molar-refractivity contribution is 0.0730. The van der Waals surface area contributed by atoms with Crippen molar-refractivity contribution < 1.29 is 18.3 Å². The maximum Gasteiger partial charge on any atom is 0.156 e. The first-order chi connectivity index (χ1) is 9.41. The summed E-state index contributed by atoms with van der Waals surface area (Å²) in [6.45, 7) is 5.51. The molecule has 1 aromatic carbocycles. The fourth-order valence-corrected chi connectivity index (χ4v) is 3.96. The molecule has 0 spiro atoms. The zero-order valence-electron chi connectivity index (χ0n) is 11.8. The highest BCUT2D eigenvalue weighted by Gasteiger charge is 2.38. The number of aliphatic hydroxyl groups excluding tert-OH is 1. The number of nitrogens with one attached hydrogen (secondary N) is 1. The Kier molecular flexibility index (Phi) is 4.67. The second-order valence-electron chi connectivity index (χ2n) is 5.19. The van der Waals surface area contributed by atoms with E-state index in [4.69, 9.17) is 4.74 Å². The molecule has 1 aromatic rings. The van der Waals surface area contributed by atoms with E-state index in [0.717, 1.165) is 17.7 Å². The average molecular weight is 299 g/mol. The van der Waals surface area contributed by atoms with Crippen molar-refractivity contribution in [1.29, 1.82) is 0 Å². The summed E-state index contributed by atoms with van der Waals surface area (Å²) >= 11 is 0. The van der Waals surface area contributed by atoms with Crippen LogP contribution in [-0.2, 0) is 16.4 Å². The van der Waals surface area contributed by atoms with Gasteiger partial charge in [0.1, 0.15) is 18.0 Å². The molecule has 2 unspecified atom stereocenters. The van der Waals surface area contributed by atoms with Crippen LogP contribution >= 0.6 is 0 Å². The maximum atomic E-state index is 11.5. The molecule has 112 valence electrons. The highest BCUT2D eigenvalue weighted by atomic mass is 32.2. The van der Waals surface area contributed by atoms with Gasteiger partial charge in [0.25, 0.3) is 0 Å². The Hall–Kier alpha value is -1.11. The molecule has 6 heteroatoms. The minimum absolute atomic E-state index is 0.122. The Balaban J connectivity index is 2.16. The van der Waals surface area contributed by atoms with Gasteiger partial charge >= 0.3 is 0 Å². The van der Waals surface area contributed by atoms with Gasteiger partial charge in [0.05, 0.1) is 11.5 Å². The number of aliphatic hydroxyl groups is 1. The molecule has 0 radical (unpaired) electrons. The molecule has 1 aliphatic rings. The molecule has 20 heavy (non-hydrogen) atoms. The van der Waals surface area contributed by atoms with E-state index in [1.165, 1.54) is 0 Å². The lowest BCUT2D eigenvalue weighted by atomic mass is 10.1. The predicted octanol–water partition coefficient (Wildman–Crippen LogP) is 0.641. The quantitative estimate of drug-likeness (QED) is 0.834. The van der Waals surface area contributed by atoms with Crippen LogP contribution in [0.4, 0.5) is 0 Å². The van der Waals surface area contributed by atoms with E-state index < -0.39 is 22.0 Å². The van der Waals surface area contributed by atoms with E-state index in [-0.39, 0.29) is 11.5 Å². The molecule has 1 heterocycles. The molecular weight excluding hydrogens is 278 g/mol. The lowest BCUT2D eigenvalue weighted by Crippen LogP contribution is -2.30. The van der Waals surface area contributed by atoms with Crippen LogP contribution in [0.2, 0.25) is 0 Å². The fraction of sp³-hybridized carbons (Fsp3) is 0.571. The minimum Gasteiger partial charge on any atom is -0.486 e. The SMILES string of the molecule is CCNCc1cc(C)ccc1OC1CS(=O)(=O)CC1O. The predicted molar refractivity (Wildman–Crippen MR) is 77.6 cm³/mol. The summed E-state index contributed by atoms with van der Waals surface area (Å²) in [4.78, 5) is 0. The zero-order valence-corrected chi connectivity index (χ0v) is 12.6. The normalized spacial score (nSPS) is 24.8. The molecule has 2 atom stereocenters. The van der Waals surface area contributed by atoms with Gasteiger partial charge < -0.3 is 15.2 Å². The number of sulfone groups is 1. The van der Waals surface area contributed by atoms with Crippen LogP contribution in [0.25, 0.3) is 0 Å². The Labute approximate surface area is 119 Å².